The van der Waals surface area contributed by atoms with Gasteiger partial charge in [-0.3, -0.25) is 9.52 Å². The van der Waals surface area contributed by atoms with Gasteiger partial charge in [0.2, 0.25) is 0 Å². The number of piperazine rings is 2. The molecule has 0 saturated carbocycles. The van der Waals surface area contributed by atoms with Crippen molar-refractivity contribution in [2.24, 2.45) is 0 Å². The van der Waals surface area contributed by atoms with Crippen molar-refractivity contribution in [2.45, 2.75) is 4.90 Å². The van der Waals surface area contributed by atoms with E-state index in [0.717, 1.165) is 45.0 Å². The number of anilines is 2. The Morgan fingerprint density at radius 1 is 0.970 bits per heavy atom. The van der Waals surface area contributed by atoms with Gasteiger partial charge in [0, 0.05) is 57.9 Å². The molecule has 0 spiro atoms. The van der Waals surface area contributed by atoms with E-state index in [9.17, 15) is 13.2 Å². The first-order valence-corrected chi connectivity index (χ1v) is 12.6. The summed E-state index contributed by atoms with van der Waals surface area (Å²) in [5.41, 5.74) is 1.65. The molecule has 33 heavy (non-hydrogen) atoms. The molecule has 2 aliphatic heterocycles. The Labute approximate surface area is 195 Å². The van der Waals surface area contributed by atoms with Gasteiger partial charge in [0.1, 0.15) is 5.75 Å². The lowest BCUT2D eigenvalue weighted by Crippen LogP contribution is -2.47. The zero-order valence-electron chi connectivity index (χ0n) is 19.1. The van der Waals surface area contributed by atoms with Gasteiger partial charge >= 0.3 is 0 Å². The Balaban J connectivity index is 1.65. The zero-order valence-corrected chi connectivity index (χ0v) is 19.9. The van der Waals surface area contributed by atoms with Gasteiger partial charge < -0.3 is 24.8 Å². The highest BCUT2D eigenvalue weighted by atomic mass is 32.2. The number of hydrogen-bond acceptors (Lipinski definition) is 7. The van der Waals surface area contributed by atoms with E-state index in [1.807, 2.05) is 18.0 Å². The number of benzene rings is 2. The Hall–Kier alpha value is -2.82. The van der Waals surface area contributed by atoms with E-state index in [4.69, 9.17) is 4.74 Å². The number of sulfonamides is 1. The first-order valence-electron chi connectivity index (χ1n) is 11.1. The minimum Gasteiger partial charge on any atom is -0.497 e. The van der Waals surface area contributed by atoms with Crippen molar-refractivity contribution in [1.82, 2.24) is 15.1 Å². The highest BCUT2D eigenvalue weighted by Gasteiger charge is 2.24. The summed E-state index contributed by atoms with van der Waals surface area (Å²) < 4.78 is 34.2. The van der Waals surface area contributed by atoms with Crippen molar-refractivity contribution in [2.75, 3.05) is 76.1 Å². The smallest absolute Gasteiger partial charge is 0.261 e. The van der Waals surface area contributed by atoms with Gasteiger partial charge in [0.05, 0.1) is 23.4 Å². The topological polar surface area (TPSA) is 94.2 Å². The van der Waals surface area contributed by atoms with E-state index in [1.54, 1.807) is 24.3 Å². The van der Waals surface area contributed by atoms with E-state index in [1.165, 1.54) is 19.2 Å². The molecule has 0 bridgehead atoms. The van der Waals surface area contributed by atoms with Crippen LogP contribution < -0.4 is 19.7 Å². The maximum absolute atomic E-state index is 13.2. The van der Waals surface area contributed by atoms with Crippen molar-refractivity contribution < 1.29 is 17.9 Å². The fraction of sp³-hybridized carbons (Fsp3) is 0.435. The number of carbonyl (C=O) groups excluding carboxylic acids is 1. The standard InChI is InChI=1S/C23H31N5O4S/c1-26-13-15-28(16-14-26)23(29)18-3-8-22(27-11-9-24-10-12-27)21(17-18)25-33(30,31)20-6-4-19(32-2)5-7-20/h3-8,17,24-25H,9-16H2,1-2H3. The van der Waals surface area contributed by atoms with Crippen molar-refractivity contribution in [3.63, 3.8) is 0 Å². The molecule has 2 aromatic carbocycles. The number of nitrogens with zero attached hydrogens (tertiary/aromatic N) is 3. The molecule has 0 unspecified atom stereocenters. The molecule has 4 rings (SSSR count). The average Bonchev–Trinajstić information content (AvgIpc) is 2.84. The molecule has 2 aliphatic rings. The van der Waals surface area contributed by atoms with Crippen LogP contribution in [-0.4, -0.2) is 90.6 Å². The van der Waals surface area contributed by atoms with Crippen molar-refractivity contribution in [3.8, 4) is 5.75 Å². The molecule has 9 nitrogen and oxygen atoms in total. The lowest BCUT2D eigenvalue weighted by molar-refractivity contribution is 0.0664. The normalized spacial score (nSPS) is 17.6. The number of carbonyl (C=O) groups is 1. The molecule has 0 atom stereocenters. The van der Waals surface area contributed by atoms with Crippen LogP contribution >= 0.6 is 0 Å². The van der Waals surface area contributed by atoms with Crippen LogP contribution in [-0.2, 0) is 10.0 Å². The van der Waals surface area contributed by atoms with Crippen LogP contribution in [0.5, 0.6) is 5.75 Å². The lowest BCUT2D eigenvalue weighted by atomic mass is 10.1. The highest BCUT2D eigenvalue weighted by Crippen LogP contribution is 2.31. The maximum Gasteiger partial charge on any atom is 0.261 e. The third-order valence-electron chi connectivity index (χ3n) is 6.11. The van der Waals surface area contributed by atoms with Crippen molar-refractivity contribution in [3.05, 3.63) is 48.0 Å². The van der Waals surface area contributed by atoms with Crippen LogP contribution in [0, 0.1) is 0 Å². The van der Waals surface area contributed by atoms with Gasteiger partial charge in [0.25, 0.3) is 15.9 Å². The molecule has 0 aliphatic carbocycles. The second kappa shape index (κ2) is 9.98. The fourth-order valence-corrected chi connectivity index (χ4v) is 5.15. The van der Waals surface area contributed by atoms with Crippen LogP contribution in [0.3, 0.4) is 0 Å². The third-order valence-corrected chi connectivity index (χ3v) is 7.49. The molecule has 178 valence electrons. The number of rotatable bonds is 6. The second-order valence-electron chi connectivity index (χ2n) is 8.35. The van der Waals surface area contributed by atoms with E-state index in [2.05, 4.69) is 19.8 Å². The van der Waals surface area contributed by atoms with E-state index < -0.39 is 10.0 Å². The summed E-state index contributed by atoms with van der Waals surface area (Å²) in [6.07, 6.45) is 0. The highest BCUT2D eigenvalue weighted by molar-refractivity contribution is 7.92. The summed E-state index contributed by atoms with van der Waals surface area (Å²) in [4.78, 5) is 19.4. The predicted octanol–water partition coefficient (Wildman–Crippen LogP) is 1.29. The summed E-state index contributed by atoms with van der Waals surface area (Å²) in [7, 11) is -0.284. The minimum absolute atomic E-state index is 0.0835. The van der Waals surface area contributed by atoms with Crippen LogP contribution in [0.25, 0.3) is 0 Å². The SMILES string of the molecule is COc1ccc(S(=O)(=O)Nc2cc(C(=O)N3CCN(C)CC3)ccc2N2CCNCC2)cc1. The van der Waals surface area contributed by atoms with E-state index >= 15 is 0 Å². The molecule has 2 heterocycles. The number of amides is 1. The molecule has 1 amide bonds. The van der Waals surface area contributed by atoms with Crippen LogP contribution in [0.1, 0.15) is 10.4 Å². The molecular formula is C23H31N5O4S. The molecule has 2 aromatic rings. The molecule has 10 heteroatoms. The van der Waals surface area contributed by atoms with Crippen molar-refractivity contribution >= 4 is 27.3 Å². The predicted molar refractivity (Wildman–Crippen MR) is 129 cm³/mol. The Kier molecular flexibility index (Phi) is 7.06. The Morgan fingerprint density at radius 3 is 2.27 bits per heavy atom. The van der Waals surface area contributed by atoms with Gasteiger partial charge in [-0.1, -0.05) is 0 Å². The molecule has 2 saturated heterocycles. The molecular weight excluding hydrogens is 442 g/mol. The lowest BCUT2D eigenvalue weighted by Gasteiger charge is -2.33. The second-order valence-corrected chi connectivity index (χ2v) is 10.0. The van der Waals surface area contributed by atoms with Crippen LogP contribution in [0.4, 0.5) is 11.4 Å². The van der Waals surface area contributed by atoms with Gasteiger partial charge in [0.15, 0.2) is 0 Å². The number of methoxy groups -OCH3 is 1. The number of nitrogens with one attached hydrogen (secondary N) is 2. The minimum atomic E-state index is -3.85. The molecule has 0 aromatic heterocycles. The molecule has 2 N–H and O–H groups in total. The van der Waals surface area contributed by atoms with Gasteiger partial charge in [-0.2, -0.15) is 0 Å². The average molecular weight is 474 g/mol. The van der Waals surface area contributed by atoms with Gasteiger partial charge in [-0.15, -0.1) is 0 Å². The van der Waals surface area contributed by atoms with Crippen LogP contribution in [0.15, 0.2) is 47.4 Å². The summed E-state index contributed by atoms with van der Waals surface area (Å²) in [6, 6.07) is 11.5. The largest absolute Gasteiger partial charge is 0.497 e. The quantitative estimate of drug-likeness (QED) is 0.653. The summed E-state index contributed by atoms with van der Waals surface area (Å²) >= 11 is 0. The summed E-state index contributed by atoms with van der Waals surface area (Å²) in [5, 5.41) is 3.31. The van der Waals surface area contributed by atoms with Gasteiger partial charge in [-0.05, 0) is 49.5 Å². The summed E-state index contributed by atoms with van der Waals surface area (Å²) in [5.74, 6) is 0.495. The molecule has 2 fully saturated rings. The van der Waals surface area contributed by atoms with E-state index in [0.29, 0.717) is 30.1 Å². The Bertz CT molecular complexity index is 1080. The first-order chi connectivity index (χ1) is 15.9. The number of hydrogen-bond donors (Lipinski definition) is 2. The number of likely N-dealkylation sites (N-methyl/N-ethyl adjacent to an activating group) is 1. The van der Waals surface area contributed by atoms with Crippen LogP contribution in [0.2, 0.25) is 0 Å². The monoisotopic (exact) mass is 473 g/mol. The van der Waals surface area contributed by atoms with E-state index in [-0.39, 0.29) is 10.8 Å². The number of ether oxygens (including phenoxy) is 1. The maximum atomic E-state index is 13.2. The first kappa shape index (κ1) is 23.3. The van der Waals surface area contributed by atoms with Gasteiger partial charge in [-0.25, -0.2) is 8.42 Å². The Morgan fingerprint density at radius 2 is 1.64 bits per heavy atom. The van der Waals surface area contributed by atoms with Crippen molar-refractivity contribution in [1.29, 1.82) is 0 Å². The third kappa shape index (κ3) is 5.40. The summed E-state index contributed by atoms with van der Waals surface area (Å²) in [6.45, 7) is 6.08. The molecule has 0 radical (unpaired) electrons. The fourth-order valence-electron chi connectivity index (χ4n) is 4.08. The zero-order chi connectivity index (χ0) is 23.4.